The SMILES string of the molecule is NC(=O)CN(CC=O)CC=O. The van der Waals surface area contributed by atoms with Crippen molar-refractivity contribution in [3.05, 3.63) is 0 Å². The van der Waals surface area contributed by atoms with Crippen molar-refractivity contribution in [3.63, 3.8) is 0 Å². The lowest BCUT2D eigenvalue weighted by Crippen LogP contribution is -2.36. The molecular formula is C6H10N2O3. The van der Waals surface area contributed by atoms with Gasteiger partial charge in [-0.05, 0) is 0 Å². The van der Waals surface area contributed by atoms with E-state index in [2.05, 4.69) is 0 Å². The third-order valence-electron chi connectivity index (χ3n) is 1.04. The van der Waals surface area contributed by atoms with Gasteiger partial charge in [0.05, 0.1) is 19.6 Å². The maximum absolute atomic E-state index is 10.3. The van der Waals surface area contributed by atoms with Crippen molar-refractivity contribution in [1.29, 1.82) is 0 Å². The lowest BCUT2D eigenvalue weighted by atomic mass is 10.4. The van der Waals surface area contributed by atoms with E-state index in [0.29, 0.717) is 12.6 Å². The molecule has 62 valence electrons. The standard InChI is InChI=1S/C6H10N2O3/c7-6(11)5-8(1-3-9)2-4-10/h3-4H,1-2,5H2,(H2,7,11). The summed E-state index contributed by atoms with van der Waals surface area (Å²) < 4.78 is 0. The number of carbonyl (C=O) groups is 3. The first-order chi connectivity index (χ1) is 5.20. The van der Waals surface area contributed by atoms with Crippen LogP contribution in [0.4, 0.5) is 0 Å². The maximum atomic E-state index is 10.3. The Morgan fingerprint density at radius 3 is 2.00 bits per heavy atom. The molecular weight excluding hydrogens is 148 g/mol. The summed E-state index contributed by atoms with van der Waals surface area (Å²) >= 11 is 0. The van der Waals surface area contributed by atoms with Gasteiger partial charge in [0, 0.05) is 0 Å². The van der Waals surface area contributed by atoms with Crippen LogP contribution in [0, 0.1) is 0 Å². The van der Waals surface area contributed by atoms with E-state index in [1.54, 1.807) is 0 Å². The minimum atomic E-state index is -0.547. The highest BCUT2D eigenvalue weighted by molar-refractivity contribution is 5.76. The second-order valence-corrected chi connectivity index (χ2v) is 1.99. The molecule has 0 heterocycles. The summed E-state index contributed by atoms with van der Waals surface area (Å²) in [5, 5.41) is 0. The molecule has 0 bridgehead atoms. The van der Waals surface area contributed by atoms with Crippen molar-refractivity contribution in [2.45, 2.75) is 0 Å². The zero-order valence-corrected chi connectivity index (χ0v) is 6.03. The van der Waals surface area contributed by atoms with E-state index >= 15 is 0 Å². The minimum absolute atomic E-state index is 0.0572. The van der Waals surface area contributed by atoms with Crippen LogP contribution in [0.5, 0.6) is 0 Å². The number of hydrogen-bond donors (Lipinski definition) is 1. The highest BCUT2D eigenvalue weighted by atomic mass is 16.1. The van der Waals surface area contributed by atoms with E-state index in [1.165, 1.54) is 4.90 Å². The van der Waals surface area contributed by atoms with Gasteiger partial charge in [-0.3, -0.25) is 9.69 Å². The van der Waals surface area contributed by atoms with E-state index < -0.39 is 5.91 Å². The molecule has 0 aromatic rings. The largest absolute Gasteiger partial charge is 0.369 e. The monoisotopic (exact) mass is 158 g/mol. The van der Waals surface area contributed by atoms with Gasteiger partial charge in [0.15, 0.2) is 0 Å². The molecule has 0 aliphatic carbocycles. The van der Waals surface area contributed by atoms with Crippen molar-refractivity contribution < 1.29 is 14.4 Å². The van der Waals surface area contributed by atoms with Gasteiger partial charge in [0.2, 0.25) is 5.91 Å². The second kappa shape index (κ2) is 5.55. The normalized spacial score (nSPS) is 9.55. The summed E-state index contributed by atoms with van der Waals surface area (Å²) in [7, 11) is 0. The molecule has 2 N–H and O–H groups in total. The smallest absolute Gasteiger partial charge is 0.231 e. The predicted molar refractivity (Wildman–Crippen MR) is 37.8 cm³/mol. The Bertz CT molecular complexity index is 148. The van der Waals surface area contributed by atoms with Crippen LogP contribution < -0.4 is 5.73 Å². The number of nitrogens with zero attached hydrogens (tertiary/aromatic N) is 1. The molecule has 0 aromatic heterocycles. The number of aldehydes is 2. The Labute approximate surface area is 64.1 Å². The van der Waals surface area contributed by atoms with Gasteiger partial charge in [0.1, 0.15) is 12.6 Å². The molecule has 1 amide bonds. The van der Waals surface area contributed by atoms with E-state index in [4.69, 9.17) is 5.73 Å². The van der Waals surface area contributed by atoms with Gasteiger partial charge in [-0.25, -0.2) is 0 Å². The predicted octanol–water partition coefficient (Wildman–Crippen LogP) is -1.83. The molecule has 0 radical (unpaired) electrons. The second-order valence-electron chi connectivity index (χ2n) is 1.99. The number of hydrogen-bond acceptors (Lipinski definition) is 4. The molecule has 0 saturated carbocycles. The first-order valence-corrected chi connectivity index (χ1v) is 3.08. The van der Waals surface area contributed by atoms with Crippen LogP contribution in [-0.4, -0.2) is 43.0 Å². The number of primary amides is 1. The molecule has 0 atom stereocenters. The molecule has 0 aromatic carbocycles. The summed E-state index contributed by atoms with van der Waals surface area (Å²) in [6.45, 7) is 0.0564. The Hall–Kier alpha value is -1.23. The summed E-state index contributed by atoms with van der Waals surface area (Å²) in [6, 6.07) is 0. The third kappa shape index (κ3) is 5.23. The van der Waals surface area contributed by atoms with Gasteiger partial charge >= 0.3 is 0 Å². The average molecular weight is 158 g/mol. The number of rotatable bonds is 6. The van der Waals surface area contributed by atoms with Crippen LogP contribution in [0.15, 0.2) is 0 Å². The van der Waals surface area contributed by atoms with Crippen molar-refractivity contribution in [2.75, 3.05) is 19.6 Å². The topological polar surface area (TPSA) is 80.5 Å². The molecule has 5 heteroatoms. The Morgan fingerprint density at radius 2 is 1.73 bits per heavy atom. The van der Waals surface area contributed by atoms with Gasteiger partial charge in [-0.2, -0.15) is 0 Å². The van der Waals surface area contributed by atoms with Crippen molar-refractivity contribution in [2.24, 2.45) is 5.73 Å². The van der Waals surface area contributed by atoms with Crippen LogP contribution in [0.25, 0.3) is 0 Å². The van der Waals surface area contributed by atoms with E-state index in [9.17, 15) is 14.4 Å². The molecule has 5 nitrogen and oxygen atoms in total. The fourth-order valence-corrected chi connectivity index (χ4v) is 0.635. The van der Waals surface area contributed by atoms with Crippen LogP contribution in [0.3, 0.4) is 0 Å². The highest BCUT2D eigenvalue weighted by Gasteiger charge is 2.05. The summed E-state index contributed by atoms with van der Waals surface area (Å²) in [5.74, 6) is -0.547. The lowest BCUT2D eigenvalue weighted by molar-refractivity contribution is -0.120. The molecule has 0 rings (SSSR count). The highest BCUT2D eigenvalue weighted by Crippen LogP contribution is 1.81. The number of nitrogens with two attached hydrogens (primary N) is 1. The lowest BCUT2D eigenvalue weighted by Gasteiger charge is -2.12. The molecule has 0 aliphatic heterocycles. The van der Waals surface area contributed by atoms with Gasteiger partial charge < -0.3 is 15.3 Å². The van der Waals surface area contributed by atoms with Crippen molar-refractivity contribution in [1.82, 2.24) is 4.90 Å². The molecule has 0 aliphatic rings. The zero-order chi connectivity index (χ0) is 8.69. The van der Waals surface area contributed by atoms with E-state index in [1.807, 2.05) is 0 Å². The van der Waals surface area contributed by atoms with Crippen LogP contribution in [0.1, 0.15) is 0 Å². The molecule has 0 saturated heterocycles. The van der Waals surface area contributed by atoms with Crippen LogP contribution in [-0.2, 0) is 14.4 Å². The first-order valence-electron chi connectivity index (χ1n) is 3.08. The summed E-state index contributed by atoms with van der Waals surface area (Å²) in [5.41, 5.74) is 4.84. The first kappa shape index (κ1) is 9.77. The fourth-order valence-electron chi connectivity index (χ4n) is 0.635. The molecule has 0 spiro atoms. The Kier molecular flexibility index (Phi) is 4.93. The van der Waals surface area contributed by atoms with Gasteiger partial charge in [-0.15, -0.1) is 0 Å². The molecule has 0 unspecified atom stereocenters. The fraction of sp³-hybridized carbons (Fsp3) is 0.500. The van der Waals surface area contributed by atoms with E-state index in [-0.39, 0.29) is 19.6 Å². The summed E-state index contributed by atoms with van der Waals surface area (Å²) in [6.07, 6.45) is 1.24. The zero-order valence-electron chi connectivity index (χ0n) is 6.03. The van der Waals surface area contributed by atoms with Crippen LogP contribution >= 0.6 is 0 Å². The van der Waals surface area contributed by atoms with Gasteiger partial charge in [0.25, 0.3) is 0 Å². The van der Waals surface area contributed by atoms with Crippen molar-refractivity contribution in [3.8, 4) is 0 Å². The minimum Gasteiger partial charge on any atom is -0.369 e. The molecule has 0 fully saturated rings. The third-order valence-corrected chi connectivity index (χ3v) is 1.04. The Morgan fingerprint density at radius 1 is 1.27 bits per heavy atom. The van der Waals surface area contributed by atoms with Crippen molar-refractivity contribution >= 4 is 18.5 Å². The average Bonchev–Trinajstić information content (AvgIpc) is 1.87. The number of amides is 1. The maximum Gasteiger partial charge on any atom is 0.231 e. The van der Waals surface area contributed by atoms with Crippen LogP contribution in [0.2, 0.25) is 0 Å². The van der Waals surface area contributed by atoms with Gasteiger partial charge in [-0.1, -0.05) is 0 Å². The van der Waals surface area contributed by atoms with E-state index in [0.717, 1.165) is 0 Å². The summed E-state index contributed by atoms with van der Waals surface area (Å²) in [4.78, 5) is 31.6. The Balaban J connectivity index is 3.76. The quantitative estimate of drug-likeness (QED) is 0.461. The number of carbonyl (C=O) groups excluding carboxylic acids is 3. The molecule has 11 heavy (non-hydrogen) atoms.